The van der Waals surface area contributed by atoms with E-state index in [1.54, 1.807) is 4.90 Å². The van der Waals surface area contributed by atoms with Crippen molar-refractivity contribution in [2.24, 2.45) is 0 Å². The van der Waals surface area contributed by atoms with Crippen LogP contribution in [0.15, 0.2) is 9.17 Å². The summed E-state index contributed by atoms with van der Waals surface area (Å²) in [6.45, 7) is 0.435. The van der Waals surface area contributed by atoms with Crippen LogP contribution in [-0.2, 0) is 16.1 Å². The minimum absolute atomic E-state index is 0.119. The Bertz CT molecular complexity index is 584. The van der Waals surface area contributed by atoms with Crippen molar-refractivity contribution in [3.8, 4) is 0 Å². The van der Waals surface area contributed by atoms with Crippen molar-refractivity contribution in [2.75, 3.05) is 0 Å². The van der Waals surface area contributed by atoms with Gasteiger partial charge in [-0.2, -0.15) is 0 Å². The smallest absolute Gasteiger partial charge is 0.256 e. The van der Waals surface area contributed by atoms with E-state index in [1.165, 1.54) is 11.3 Å². The predicted molar refractivity (Wildman–Crippen MR) is 72.7 cm³/mol. The van der Waals surface area contributed by atoms with Crippen molar-refractivity contribution in [1.82, 2.24) is 10.2 Å². The number of hydrogen-bond donors (Lipinski definition) is 1. The number of thiophene rings is 1. The maximum atomic E-state index is 12.3. The molecule has 1 aromatic heterocycles. The van der Waals surface area contributed by atoms with Gasteiger partial charge < -0.3 is 4.90 Å². The summed E-state index contributed by atoms with van der Waals surface area (Å²) in [5, 5.41) is 4.15. The summed E-state index contributed by atoms with van der Waals surface area (Å²) >= 11 is 4.90. The van der Waals surface area contributed by atoms with Gasteiger partial charge >= 0.3 is 0 Å². The molecule has 5 nitrogen and oxygen atoms in total. The summed E-state index contributed by atoms with van der Waals surface area (Å²) in [6.07, 6.45) is 1.50. The second-order valence-electron chi connectivity index (χ2n) is 4.66. The number of fused-ring (bicyclic) bond motifs is 1. The molecular weight excluding hydrogens is 332 g/mol. The van der Waals surface area contributed by atoms with Crippen molar-refractivity contribution in [3.63, 3.8) is 0 Å². The van der Waals surface area contributed by atoms with Crippen LogP contribution in [0.2, 0.25) is 0 Å². The van der Waals surface area contributed by atoms with Gasteiger partial charge in [0.1, 0.15) is 6.04 Å². The van der Waals surface area contributed by atoms with Gasteiger partial charge in [0.2, 0.25) is 11.8 Å². The van der Waals surface area contributed by atoms with Crippen LogP contribution in [0.25, 0.3) is 0 Å². The maximum Gasteiger partial charge on any atom is 0.256 e. The Morgan fingerprint density at radius 1 is 1.37 bits per heavy atom. The van der Waals surface area contributed by atoms with Gasteiger partial charge in [0.25, 0.3) is 5.91 Å². The highest BCUT2D eigenvalue weighted by molar-refractivity contribution is 9.11. The Hall–Kier alpha value is -1.21. The summed E-state index contributed by atoms with van der Waals surface area (Å²) in [6, 6.07) is -0.539. The molecule has 1 atom stereocenters. The molecule has 1 unspecified atom stereocenters. The van der Waals surface area contributed by atoms with Gasteiger partial charge in [0, 0.05) is 23.9 Å². The Labute approximate surface area is 122 Å². The number of carbonyl (C=O) groups excluding carboxylic acids is 3. The maximum absolute atomic E-state index is 12.3. The van der Waals surface area contributed by atoms with Crippen molar-refractivity contribution >= 4 is 45.0 Å². The second kappa shape index (κ2) is 4.72. The molecule has 1 N–H and O–H groups in total. The highest BCUT2D eigenvalue weighted by Crippen LogP contribution is 2.36. The Morgan fingerprint density at radius 3 is 2.89 bits per heavy atom. The zero-order chi connectivity index (χ0) is 13.6. The number of carbonyl (C=O) groups is 3. The lowest BCUT2D eigenvalue weighted by molar-refractivity contribution is -0.132. The molecule has 3 amide bonds. The first-order chi connectivity index (χ1) is 9.08. The van der Waals surface area contributed by atoms with E-state index in [4.69, 9.17) is 0 Å². The second-order valence-corrected chi connectivity index (χ2v) is 6.85. The van der Waals surface area contributed by atoms with Gasteiger partial charge in [0.15, 0.2) is 0 Å². The fourth-order valence-corrected chi connectivity index (χ4v) is 3.90. The first-order valence-electron chi connectivity index (χ1n) is 5.98. The minimum Gasteiger partial charge on any atom is -0.322 e. The quantitative estimate of drug-likeness (QED) is 0.789. The topological polar surface area (TPSA) is 66.5 Å². The molecule has 0 aromatic carbocycles. The van der Waals surface area contributed by atoms with Gasteiger partial charge in [-0.05, 0) is 28.8 Å². The zero-order valence-electron chi connectivity index (χ0n) is 9.94. The average molecular weight is 343 g/mol. The van der Waals surface area contributed by atoms with Gasteiger partial charge in [-0.25, -0.2) is 0 Å². The number of rotatable bonds is 1. The molecule has 0 spiro atoms. The fourth-order valence-electron chi connectivity index (χ4n) is 2.50. The lowest BCUT2D eigenvalue weighted by atomic mass is 10.1. The number of nitrogens with zero attached hydrogens (tertiary/aromatic N) is 1. The number of hydrogen-bond acceptors (Lipinski definition) is 4. The summed E-state index contributed by atoms with van der Waals surface area (Å²) in [5.41, 5.74) is 1.61. The van der Waals surface area contributed by atoms with E-state index in [0.717, 1.165) is 9.35 Å². The van der Waals surface area contributed by atoms with Crippen LogP contribution in [0.5, 0.6) is 0 Å². The van der Waals surface area contributed by atoms with Crippen molar-refractivity contribution < 1.29 is 14.4 Å². The van der Waals surface area contributed by atoms with E-state index in [2.05, 4.69) is 21.2 Å². The highest BCUT2D eigenvalue weighted by Gasteiger charge is 2.39. The van der Waals surface area contributed by atoms with Gasteiger partial charge in [-0.3, -0.25) is 19.7 Å². The van der Waals surface area contributed by atoms with Crippen LogP contribution >= 0.6 is 27.3 Å². The first-order valence-corrected chi connectivity index (χ1v) is 7.65. The zero-order valence-corrected chi connectivity index (χ0v) is 12.3. The van der Waals surface area contributed by atoms with E-state index in [0.29, 0.717) is 31.4 Å². The van der Waals surface area contributed by atoms with Gasteiger partial charge in [-0.15, -0.1) is 11.3 Å². The molecule has 3 heterocycles. The molecule has 3 rings (SSSR count). The molecule has 7 heteroatoms. The molecule has 1 saturated heterocycles. The Balaban J connectivity index is 1.86. The molecule has 0 saturated carbocycles. The predicted octanol–water partition coefficient (Wildman–Crippen LogP) is 1.66. The third-order valence-electron chi connectivity index (χ3n) is 3.49. The van der Waals surface area contributed by atoms with E-state index in [1.807, 2.05) is 5.38 Å². The molecule has 19 heavy (non-hydrogen) atoms. The fraction of sp³-hybridized carbons (Fsp3) is 0.417. The minimum atomic E-state index is -0.539. The molecule has 2 aliphatic rings. The van der Waals surface area contributed by atoms with Gasteiger partial charge in [-0.1, -0.05) is 0 Å². The Morgan fingerprint density at radius 2 is 2.16 bits per heavy atom. The standard InChI is InChI=1S/C12H11BrN2O3S/c13-10-6-4-15(12(18)7(6)5-19-10)8-2-1-3-9(16)14-11(8)17/h5,8H,1-4H2,(H,14,16,17). The normalized spacial score (nSPS) is 23.3. The third kappa shape index (κ3) is 2.10. The molecule has 100 valence electrons. The molecule has 0 bridgehead atoms. The van der Waals surface area contributed by atoms with Crippen LogP contribution in [-0.4, -0.2) is 28.7 Å². The molecular formula is C12H11BrN2O3S. The molecule has 0 radical (unpaired) electrons. The van der Waals surface area contributed by atoms with Gasteiger partial charge in [0.05, 0.1) is 9.35 Å². The first kappa shape index (κ1) is 12.8. The van der Waals surface area contributed by atoms with Crippen LogP contribution in [0.4, 0.5) is 0 Å². The van der Waals surface area contributed by atoms with Crippen molar-refractivity contribution in [1.29, 1.82) is 0 Å². The number of nitrogens with one attached hydrogen (secondary N) is 1. The number of imide groups is 1. The summed E-state index contributed by atoms with van der Waals surface area (Å²) in [5.74, 6) is -0.734. The van der Waals surface area contributed by atoms with E-state index in [-0.39, 0.29) is 17.7 Å². The molecule has 2 aliphatic heterocycles. The SMILES string of the molecule is O=C1CCCC(N2Cc3c(csc3Br)C2=O)C(=O)N1. The number of halogens is 1. The summed E-state index contributed by atoms with van der Waals surface area (Å²) in [7, 11) is 0. The van der Waals surface area contributed by atoms with E-state index in [9.17, 15) is 14.4 Å². The average Bonchev–Trinajstić information content (AvgIpc) is 2.81. The monoisotopic (exact) mass is 342 g/mol. The Kier molecular flexibility index (Phi) is 3.18. The third-order valence-corrected chi connectivity index (χ3v) is 5.33. The summed E-state index contributed by atoms with van der Waals surface area (Å²) < 4.78 is 0.934. The highest BCUT2D eigenvalue weighted by atomic mass is 79.9. The molecule has 1 fully saturated rings. The van der Waals surface area contributed by atoms with Crippen LogP contribution < -0.4 is 5.32 Å². The largest absolute Gasteiger partial charge is 0.322 e. The van der Waals surface area contributed by atoms with E-state index >= 15 is 0 Å². The molecule has 0 aliphatic carbocycles. The van der Waals surface area contributed by atoms with Crippen LogP contribution in [0.1, 0.15) is 35.2 Å². The summed E-state index contributed by atoms with van der Waals surface area (Å²) in [4.78, 5) is 37.2. The van der Waals surface area contributed by atoms with Crippen molar-refractivity contribution in [2.45, 2.75) is 31.8 Å². The molecule has 1 aromatic rings. The van der Waals surface area contributed by atoms with Crippen LogP contribution in [0, 0.1) is 0 Å². The lowest BCUT2D eigenvalue weighted by Gasteiger charge is -2.25. The number of amides is 3. The van der Waals surface area contributed by atoms with Crippen molar-refractivity contribution in [3.05, 3.63) is 20.3 Å². The lowest BCUT2D eigenvalue weighted by Crippen LogP contribution is -2.47. The van der Waals surface area contributed by atoms with E-state index < -0.39 is 6.04 Å². The van der Waals surface area contributed by atoms with Crippen LogP contribution in [0.3, 0.4) is 0 Å².